The normalized spacial score (nSPS) is 12.2. The third kappa shape index (κ3) is 3.11. The van der Waals surface area contributed by atoms with Gasteiger partial charge in [0.2, 0.25) is 0 Å². The number of aryl methyl sites for hydroxylation is 1. The largest absolute Gasteiger partial charge is 0.494 e. The first-order valence-corrected chi connectivity index (χ1v) is 7.48. The molecule has 0 aliphatic heterocycles. The Balaban J connectivity index is 2.49. The molecule has 0 spiro atoms. The van der Waals surface area contributed by atoms with Crippen LogP contribution in [0.25, 0.3) is 0 Å². The van der Waals surface area contributed by atoms with Crippen LogP contribution in [0, 0.1) is 13.8 Å². The maximum atomic E-state index is 6.68. The molecule has 0 aliphatic carbocycles. The standard InChI is InChI=1S/C17H18Cl2O/c1-4-20-16-9-8-11(2)10-14(16)17(19)13-6-5-7-15(18)12(13)3/h5-10,17H,4H2,1-3H3. The van der Waals surface area contributed by atoms with Crippen LogP contribution in [0.4, 0.5) is 0 Å². The van der Waals surface area contributed by atoms with Gasteiger partial charge in [-0.25, -0.2) is 0 Å². The van der Waals surface area contributed by atoms with Gasteiger partial charge in [0.15, 0.2) is 0 Å². The summed E-state index contributed by atoms with van der Waals surface area (Å²) in [6.07, 6.45) is 0. The summed E-state index contributed by atoms with van der Waals surface area (Å²) in [5.74, 6) is 0.831. The van der Waals surface area contributed by atoms with Crippen LogP contribution in [-0.2, 0) is 0 Å². The summed E-state index contributed by atoms with van der Waals surface area (Å²) in [5, 5.41) is 0.467. The Morgan fingerprint density at radius 3 is 2.55 bits per heavy atom. The highest BCUT2D eigenvalue weighted by atomic mass is 35.5. The van der Waals surface area contributed by atoms with Crippen LogP contribution in [-0.4, -0.2) is 6.61 Å². The number of rotatable bonds is 4. The Morgan fingerprint density at radius 2 is 1.85 bits per heavy atom. The van der Waals surface area contributed by atoms with Crippen molar-refractivity contribution >= 4 is 23.2 Å². The molecule has 2 aromatic carbocycles. The summed E-state index contributed by atoms with van der Waals surface area (Å²) < 4.78 is 5.69. The molecule has 106 valence electrons. The van der Waals surface area contributed by atoms with Crippen molar-refractivity contribution in [2.75, 3.05) is 6.61 Å². The molecule has 1 nitrogen and oxygen atoms in total. The Bertz CT molecular complexity index is 608. The maximum Gasteiger partial charge on any atom is 0.124 e. The zero-order valence-electron chi connectivity index (χ0n) is 11.9. The summed E-state index contributed by atoms with van der Waals surface area (Å²) in [6, 6.07) is 11.9. The van der Waals surface area contributed by atoms with Gasteiger partial charge in [-0.3, -0.25) is 0 Å². The van der Waals surface area contributed by atoms with Crippen LogP contribution in [0.5, 0.6) is 5.75 Å². The molecule has 0 saturated heterocycles. The Labute approximate surface area is 130 Å². The molecule has 1 atom stereocenters. The van der Waals surface area contributed by atoms with E-state index >= 15 is 0 Å². The minimum absolute atomic E-state index is 0.268. The van der Waals surface area contributed by atoms with E-state index in [1.807, 2.05) is 51.1 Å². The zero-order valence-corrected chi connectivity index (χ0v) is 13.4. The monoisotopic (exact) mass is 308 g/mol. The second-order valence-electron chi connectivity index (χ2n) is 4.79. The molecule has 20 heavy (non-hydrogen) atoms. The number of hydrogen-bond donors (Lipinski definition) is 0. The molecule has 0 amide bonds. The van der Waals surface area contributed by atoms with Gasteiger partial charge < -0.3 is 4.74 Å². The maximum absolute atomic E-state index is 6.68. The van der Waals surface area contributed by atoms with E-state index in [4.69, 9.17) is 27.9 Å². The van der Waals surface area contributed by atoms with Crippen LogP contribution >= 0.6 is 23.2 Å². The van der Waals surface area contributed by atoms with Crippen molar-refractivity contribution in [1.29, 1.82) is 0 Å². The molecule has 0 aliphatic rings. The summed E-state index contributed by atoms with van der Waals surface area (Å²) in [6.45, 7) is 6.63. The molecule has 0 saturated carbocycles. The lowest BCUT2D eigenvalue weighted by Crippen LogP contribution is -2.02. The fraction of sp³-hybridized carbons (Fsp3) is 0.294. The van der Waals surface area contributed by atoms with E-state index in [0.717, 1.165) is 33.0 Å². The number of halogens is 2. The minimum atomic E-state index is -0.268. The molecular formula is C17H18Cl2O. The van der Waals surface area contributed by atoms with Crippen LogP contribution in [0.2, 0.25) is 5.02 Å². The Morgan fingerprint density at radius 1 is 1.10 bits per heavy atom. The lowest BCUT2D eigenvalue weighted by molar-refractivity contribution is 0.337. The summed E-state index contributed by atoms with van der Waals surface area (Å²) in [7, 11) is 0. The van der Waals surface area contributed by atoms with Gasteiger partial charge in [-0.1, -0.05) is 41.4 Å². The first kappa shape index (κ1) is 15.2. The first-order valence-electron chi connectivity index (χ1n) is 6.67. The van der Waals surface area contributed by atoms with Crippen molar-refractivity contribution < 1.29 is 4.74 Å². The van der Waals surface area contributed by atoms with E-state index in [0.29, 0.717) is 6.61 Å². The fourth-order valence-electron chi connectivity index (χ4n) is 2.22. The fourth-order valence-corrected chi connectivity index (χ4v) is 2.81. The van der Waals surface area contributed by atoms with Gasteiger partial charge >= 0.3 is 0 Å². The van der Waals surface area contributed by atoms with Gasteiger partial charge in [-0.15, -0.1) is 11.6 Å². The lowest BCUT2D eigenvalue weighted by atomic mass is 9.98. The Kier molecular flexibility index (Phi) is 4.95. The zero-order chi connectivity index (χ0) is 14.7. The van der Waals surface area contributed by atoms with Crippen molar-refractivity contribution in [3.63, 3.8) is 0 Å². The number of ether oxygens (including phenoxy) is 1. The van der Waals surface area contributed by atoms with Crippen LogP contribution in [0.15, 0.2) is 36.4 Å². The number of hydrogen-bond acceptors (Lipinski definition) is 1. The average Bonchev–Trinajstić information content (AvgIpc) is 2.43. The van der Waals surface area contributed by atoms with E-state index in [9.17, 15) is 0 Å². The van der Waals surface area contributed by atoms with E-state index < -0.39 is 0 Å². The highest BCUT2D eigenvalue weighted by Gasteiger charge is 2.18. The van der Waals surface area contributed by atoms with Gasteiger partial charge in [-0.2, -0.15) is 0 Å². The number of benzene rings is 2. The highest BCUT2D eigenvalue weighted by molar-refractivity contribution is 6.31. The highest BCUT2D eigenvalue weighted by Crippen LogP contribution is 2.38. The van der Waals surface area contributed by atoms with E-state index in [1.165, 1.54) is 0 Å². The molecule has 1 unspecified atom stereocenters. The smallest absolute Gasteiger partial charge is 0.124 e. The third-order valence-corrected chi connectivity index (χ3v) is 4.20. The van der Waals surface area contributed by atoms with Gasteiger partial charge in [-0.05, 0) is 44.0 Å². The average molecular weight is 309 g/mol. The van der Waals surface area contributed by atoms with Gasteiger partial charge in [0.05, 0.1) is 12.0 Å². The van der Waals surface area contributed by atoms with E-state index in [1.54, 1.807) is 0 Å². The van der Waals surface area contributed by atoms with Crippen LogP contribution in [0.3, 0.4) is 0 Å². The summed E-state index contributed by atoms with van der Waals surface area (Å²) in [5.41, 5.74) is 4.18. The second-order valence-corrected chi connectivity index (χ2v) is 5.63. The van der Waals surface area contributed by atoms with E-state index in [-0.39, 0.29) is 5.38 Å². The lowest BCUT2D eigenvalue weighted by Gasteiger charge is -2.18. The van der Waals surface area contributed by atoms with Crippen molar-refractivity contribution in [3.05, 3.63) is 63.7 Å². The topological polar surface area (TPSA) is 9.23 Å². The van der Waals surface area contributed by atoms with Crippen LogP contribution < -0.4 is 4.74 Å². The molecule has 2 rings (SSSR count). The van der Waals surface area contributed by atoms with Gasteiger partial charge in [0.1, 0.15) is 5.75 Å². The molecular weight excluding hydrogens is 291 g/mol. The molecule has 0 N–H and O–H groups in total. The molecule has 0 radical (unpaired) electrons. The first-order chi connectivity index (χ1) is 9.54. The molecule has 2 aromatic rings. The number of alkyl halides is 1. The van der Waals surface area contributed by atoms with E-state index in [2.05, 4.69) is 6.07 Å². The van der Waals surface area contributed by atoms with Crippen molar-refractivity contribution in [2.45, 2.75) is 26.1 Å². The summed E-state index contributed by atoms with van der Waals surface area (Å²) in [4.78, 5) is 0. The van der Waals surface area contributed by atoms with Gasteiger partial charge in [0.25, 0.3) is 0 Å². The molecule has 0 aromatic heterocycles. The predicted octanol–water partition coefficient (Wildman–Crippen LogP) is 5.68. The third-order valence-electron chi connectivity index (χ3n) is 3.32. The van der Waals surface area contributed by atoms with Crippen LogP contribution in [0.1, 0.15) is 34.6 Å². The molecule has 0 bridgehead atoms. The molecule has 3 heteroatoms. The van der Waals surface area contributed by atoms with Crippen molar-refractivity contribution in [2.24, 2.45) is 0 Å². The van der Waals surface area contributed by atoms with Crippen molar-refractivity contribution in [1.82, 2.24) is 0 Å². The second kappa shape index (κ2) is 6.51. The Hall–Kier alpha value is -1.18. The van der Waals surface area contributed by atoms with Crippen molar-refractivity contribution in [3.8, 4) is 5.75 Å². The minimum Gasteiger partial charge on any atom is -0.494 e. The summed E-state index contributed by atoms with van der Waals surface area (Å²) >= 11 is 12.9. The SMILES string of the molecule is CCOc1ccc(C)cc1C(Cl)c1cccc(Cl)c1C. The quantitative estimate of drug-likeness (QED) is 0.660. The molecule has 0 fully saturated rings. The molecule has 0 heterocycles. The predicted molar refractivity (Wildman–Crippen MR) is 86.2 cm³/mol. The van der Waals surface area contributed by atoms with Gasteiger partial charge in [0, 0.05) is 10.6 Å².